The van der Waals surface area contributed by atoms with Crippen LogP contribution >= 0.6 is 34.5 Å². The molecule has 7 heteroatoms. The zero-order valence-corrected chi connectivity index (χ0v) is 14.7. The Bertz CT molecular complexity index is 737. The summed E-state index contributed by atoms with van der Waals surface area (Å²) in [5, 5.41) is 5.98. The van der Waals surface area contributed by atoms with Crippen molar-refractivity contribution >= 4 is 46.1 Å². The maximum absolute atomic E-state index is 10.9. The van der Waals surface area contributed by atoms with Gasteiger partial charge in [-0.15, -0.1) is 11.3 Å². The molecule has 0 saturated carbocycles. The highest BCUT2D eigenvalue weighted by atomic mass is 35.5. The molecule has 0 bridgehead atoms. The van der Waals surface area contributed by atoms with E-state index in [1.54, 1.807) is 29.5 Å². The normalized spacial score (nSPS) is 11.7. The summed E-state index contributed by atoms with van der Waals surface area (Å²) in [5.41, 5.74) is 1.83. The molecule has 0 spiro atoms. The predicted molar refractivity (Wildman–Crippen MR) is 92.0 cm³/mol. The van der Waals surface area contributed by atoms with Gasteiger partial charge in [-0.2, -0.15) is 0 Å². The standard InChI is InChI=1S/C15H17Cl2N3OS/c1-10-9-22-15(20(10)7-3-6-18-11(2)21)19-14-5-4-12(16)8-13(14)17/h4-5,8-9H,3,6-7H2,1-2H3,(H,18,21). The topological polar surface area (TPSA) is 46.4 Å². The number of carbonyl (C=O) groups is 1. The molecule has 0 aliphatic carbocycles. The number of aromatic nitrogens is 1. The van der Waals surface area contributed by atoms with E-state index >= 15 is 0 Å². The van der Waals surface area contributed by atoms with Crippen molar-refractivity contribution in [3.8, 4) is 0 Å². The second kappa shape index (κ2) is 7.81. The van der Waals surface area contributed by atoms with Crippen molar-refractivity contribution < 1.29 is 4.79 Å². The third-order valence-electron chi connectivity index (χ3n) is 3.05. The third kappa shape index (κ3) is 4.60. The molecule has 1 amide bonds. The van der Waals surface area contributed by atoms with Crippen LogP contribution in [0.2, 0.25) is 10.0 Å². The Morgan fingerprint density at radius 2 is 2.18 bits per heavy atom. The minimum Gasteiger partial charge on any atom is -0.356 e. The molecule has 1 N–H and O–H groups in total. The van der Waals surface area contributed by atoms with Crippen LogP contribution in [0, 0.1) is 6.92 Å². The highest BCUT2D eigenvalue weighted by Crippen LogP contribution is 2.27. The lowest BCUT2D eigenvalue weighted by Crippen LogP contribution is -2.24. The average molecular weight is 358 g/mol. The van der Waals surface area contributed by atoms with Gasteiger partial charge in [0, 0.05) is 36.1 Å². The van der Waals surface area contributed by atoms with Crippen LogP contribution in [0.1, 0.15) is 19.0 Å². The van der Waals surface area contributed by atoms with Crippen LogP contribution in [0.4, 0.5) is 5.69 Å². The Kier molecular flexibility index (Phi) is 6.06. The first-order chi connectivity index (χ1) is 10.5. The lowest BCUT2D eigenvalue weighted by atomic mass is 10.3. The number of nitrogens with zero attached hydrogens (tertiary/aromatic N) is 2. The number of rotatable bonds is 5. The molecular weight excluding hydrogens is 341 g/mol. The fourth-order valence-electron chi connectivity index (χ4n) is 1.95. The first-order valence-corrected chi connectivity index (χ1v) is 8.50. The molecule has 0 saturated heterocycles. The van der Waals surface area contributed by atoms with Crippen LogP contribution in [0.25, 0.3) is 0 Å². The van der Waals surface area contributed by atoms with Crippen LogP contribution in [0.3, 0.4) is 0 Å². The molecule has 2 rings (SSSR count). The number of carbonyl (C=O) groups excluding carboxylic acids is 1. The van der Waals surface area contributed by atoms with E-state index in [0.717, 1.165) is 23.5 Å². The molecule has 0 atom stereocenters. The predicted octanol–water partition coefficient (Wildman–Crippen LogP) is 3.92. The van der Waals surface area contributed by atoms with Gasteiger partial charge in [-0.05, 0) is 31.5 Å². The molecule has 2 aromatic rings. The summed E-state index contributed by atoms with van der Waals surface area (Å²) >= 11 is 13.6. The number of aryl methyl sites for hydroxylation is 1. The van der Waals surface area contributed by atoms with Gasteiger partial charge in [-0.1, -0.05) is 23.2 Å². The lowest BCUT2D eigenvalue weighted by molar-refractivity contribution is -0.118. The summed E-state index contributed by atoms with van der Waals surface area (Å²) < 4.78 is 2.12. The van der Waals surface area contributed by atoms with E-state index in [1.807, 2.05) is 6.92 Å². The summed E-state index contributed by atoms with van der Waals surface area (Å²) in [5.74, 6) is -0.00935. The van der Waals surface area contributed by atoms with E-state index in [9.17, 15) is 4.79 Å². The molecule has 1 aromatic carbocycles. The van der Waals surface area contributed by atoms with E-state index in [1.165, 1.54) is 6.92 Å². The van der Waals surface area contributed by atoms with Gasteiger partial charge >= 0.3 is 0 Å². The minimum absolute atomic E-state index is 0.00935. The van der Waals surface area contributed by atoms with Crippen molar-refractivity contribution in [1.82, 2.24) is 9.88 Å². The molecule has 0 aliphatic heterocycles. The second-order valence-electron chi connectivity index (χ2n) is 4.86. The van der Waals surface area contributed by atoms with Gasteiger partial charge in [0.25, 0.3) is 0 Å². The van der Waals surface area contributed by atoms with Crippen LogP contribution in [-0.2, 0) is 11.3 Å². The average Bonchev–Trinajstić information content (AvgIpc) is 2.79. The highest BCUT2D eigenvalue weighted by molar-refractivity contribution is 7.07. The number of amides is 1. The number of hydrogen-bond acceptors (Lipinski definition) is 3. The Morgan fingerprint density at radius 1 is 1.41 bits per heavy atom. The Balaban J connectivity index is 2.21. The Hall–Kier alpha value is -1.30. The molecule has 0 aliphatic rings. The van der Waals surface area contributed by atoms with E-state index in [4.69, 9.17) is 23.2 Å². The fraction of sp³-hybridized carbons (Fsp3) is 0.333. The lowest BCUT2D eigenvalue weighted by Gasteiger charge is -2.07. The molecule has 1 heterocycles. The third-order valence-corrected chi connectivity index (χ3v) is 4.57. The SMILES string of the molecule is CC(=O)NCCCn1c(C)csc1=Nc1ccc(Cl)cc1Cl. The number of benzene rings is 1. The van der Waals surface area contributed by atoms with Gasteiger partial charge in [-0.3, -0.25) is 4.79 Å². The van der Waals surface area contributed by atoms with E-state index in [0.29, 0.717) is 22.3 Å². The van der Waals surface area contributed by atoms with Crippen LogP contribution < -0.4 is 10.1 Å². The zero-order chi connectivity index (χ0) is 16.1. The van der Waals surface area contributed by atoms with Gasteiger partial charge in [0.2, 0.25) is 5.91 Å². The summed E-state index contributed by atoms with van der Waals surface area (Å²) in [6.07, 6.45) is 0.846. The molecule has 118 valence electrons. The van der Waals surface area contributed by atoms with Crippen LogP contribution in [0.5, 0.6) is 0 Å². The maximum Gasteiger partial charge on any atom is 0.216 e. The number of thiazole rings is 1. The number of halogens is 2. The van der Waals surface area contributed by atoms with Crippen molar-refractivity contribution in [2.24, 2.45) is 4.99 Å². The van der Waals surface area contributed by atoms with Crippen molar-refractivity contribution in [2.75, 3.05) is 6.54 Å². The van der Waals surface area contributed by atoms with E-state index in [2.05, 4.69) is 20.3 Å². The number of nitrogens with one attached hydrogen (secondary N) is 1. The van der Waals surface area contributed by atoms with Crippen molar-refractivity contribution in [1.29, 1.82) is 0 Å². The Morgan fingerprint density at radius 3 is 2.86 bits per heavy atom. The van der Waals surface area contributed by atoms with Gasteiger partial charge in [0.1, 0.15) is 0 Å². The van der Waals surface area contributed by atoms with Crippen molar-refractivity contribution in [3.05, 3.63) is 44.1 Å². The summed E-state index contributed by atoms with van der Waals surface area (Å²) in [6, 6.07) is 5.26. The first-order valence-electron chi connectivity index (χ1n) is 6.86. The van der Waals surface area contributed by atoms with Crippen molar-refractivity contribution in [3.63, 3.8) is 0 Å². The van der Waals surface area contributed by atoms with Gasteiger partial charge in [0.15, 0.2) is 4.80 Å². The molecule has 0 fully saturated rings. The van der Waals surface area contributed by atoms with E-state index in [-0.39, 0.29) is 5.91 Å². The molecule has 0 radical (unpaired) electrons. The molecule has 22 heavy (non-hydrogen) atoms. The molecule has 4 nitrogen and oxygen atoms in total. The molecular formula is C15H17Cl2N3OS. The Labute approximate surface area is 143 Å². The van der Waals surface area contributed by atoms with Crippen LogP contribution in [-0.4, -0.2) is 17.0 Å². The van der Waals surface area contributed by atoms with E-state index < -0.39 is 0 Å². The molecule has 1 aromatic heterocycles. The summed E-state index contributed by atoms with van der Waals surface area (Å²) in [7, 11) is 0. The largest absolute Gasteiger partial charge is 0.356 e. The van der Waals surface area contributed by atoms with Gasteiger partial charge in [0.05, 0.1) is 10.7 Å². The highest BCUT2D eigenvalue weighted by Gasteiger charge is 2.04. The van der Waals surface area contributed by atoms with Gasteiger partial charge < -0.3 is 9.88 Å². The smallest absolute Gasteiger partial charge is 0.216 e. The first kappa shape index (κ1) is 17.1. The minimum atomic E-state index is -0.00935. The van der Waals surface area contributed by atoms with Crippen LogP contribution in [0.15, 0.2) is 28.6 Å². The van der Waals surface area contributed by atoms with Gasteiger partial charge in [-0.25, -0.2) is 4.99 Å². The second-order valence-corrected chi connectivity index (χ2v) is 6.54. The monoisotopic (exact) mass is 357 g/mol. The zero-order valence-electron chi connectivity index (χ0n) is 12.4. The maximum atomic E-state index is 10.9. The molecule has 0 unspecified atom stereocenters. The summed E-state index contributed by atoms with van der Waals surface area (Å²) in [6.45, 7) is 5.00. The van der Waals surface area contributed by atoms with Crippen molar-refractivity contribution in [2.45, 2.75) is 26.8 Å². The quantitative estimate of drug-likeness (QED) is 0.809. The summed E-state index contributed by atoms with van der Waals surface area (Å²) in [4.78, 5) is 16.4. The number of hydrogen-bond donors (Lipinski definition) is 1. The fourth-order valence-corrected chi connectivity index (χ4v) is 3.32.